The average molecular weight is 484 g/mol. The maximum atomic E-state index is 11.2. The number of aliphatic hydroxyl groups excluding tert-OH is 1. The first-order valence-corrected chi connectivity index (χ1v) is 5.75. The number of ketones is 1. The van der Waals surface area contributed by atoms with E-state index in [1.165, 1.54) is 24.1 Å². The monoisotopic (exact) mass is 484 g/mol. The molecule has 1 aromatic carbocycles. The molecule has 0 aromatic heterocycles. The number of hydroxylamine groups is 2. The fourth-order valence-electron chi connectivity index (χ4n) is 1.21. The van der Waals surface area contributed by atoms with Crippen molar-refractivity contribution in [1.29, 1.82) is 0 Å². The number of hydrogen-bond acceptors (Lipinski definition) is 7. The summed E-state index contributed by atoms with van der Waals surface area (Å²) in [4.78, 5) is 16.6. The molecule has 0 spiro atoms. The number of phenols is 1. The number of Topliss-reactive ketones (excluding diaryl/α,β-unsaturated/α-hetero) is 1. The van der Waals surface area contributed by atoms with E-state index in [-0.39, 0.29) is 38.2 Å². The van der Waals surface area contributed by atoms with E-state index in [2.05, 4.69) is 33.5 Å². The van der Waals surface area contributed by atoms with Gasteiger partial charge in [0.25, 0.3) is 0 Å². The van der Waals surface area contributed by atoms with Crippen LogP contribution in [0.4, 0.5) is 0 Å². The number of carbonyl (C=O) groups excluding carboxylic acids is 1. The Bertz CT molecular complexity index is 402. The fraction of sp³-hybridized carbons (Fsp3) is 0.231. The number of phenolic OH excluding ortho intramolecular Hbond substituents is 1. The first-order valence-electron chi connectivity index (χ1n) is 5.42. The molecule has 0 atom stereocenters. The molecule has 120 valence electrons. The van der Waals surface area contributed by atoms with E-state index >= 15 is 0 Å². The van der Waals surface area contributed by atoms with Crippen molar-refractivity contribution in [2.75, 3.05) is 13.1 Å². The van der Waals surface area contributed by atoms with E-state index in [0.717, 1.165) is 0 Å². The van der Waals surface area contributed by atoms with Gasteiger partial charge in [0.1, 0.15) is 11.5 Å². The van der Waals surface area contributed by atoms with E-state index in [0.29, 0.717) is 18.8 Å². The molecule has 0 fully saturated rings. The van der Waals surface area contributed by atoms with Crippen molar-refractivity contribution < 1.29 is 45.1 Å². The summed E-state index contributed by atoms with van der Waals surface area (Å²) in [6, 6.07) is 4.51. The number of hydrogen-bond donors (Lipinski definition) is 2. The van der Waals surface area contributed by atoms with Crippen LogP contribution in [0.3, 0.4) is 0 Å². The Balaban J connectivity index is -0.000000595. The Hall–Kier alpha value is -0.882. The summed E-state index contributed by atoms with van der Waals surface area (Å²) < 4.78 is 7.83. The van der Waals surface area contributed by atoms with Gasteiger partial charge in [-0.3, -0.25) is 4.79 Å². The second kappa shape index (κ2) is 15.5. The van der Waals surface area contributed by atoms with Crippen molar-refractivity contribution >= 4 is 18.3 Å². The smallest absolute Gasteiger partial charge is 0.197 e. The van der Waals surface area contributed by atoms with Gasteiger partial charge in [0.15, 0.2) is 18.3 Å². The Kier molecular flexibility index (Phi) is 18.5. The van der Waals surface area contributed by atoms with Crippen molar-refractivity contribution in [3.63, 3.8) is 0 Å². The Morgan fingerprint density at radius 3 is 2.14 bits per heavy atom. The Morgan fingerprint density at radius 1 is 1.29 bits per heavy atom. The quantitative estimate of drug-likeness (QED) is 0.374. The molecule has 0 unspecified atom stereocenters. The molecule has 0 aliphatic rings. The zero-order valence-corrected chi connectivity index (χ0v) is 15.4. The number of benzene rings is 1. The molecule has 0 heterocycles. The zero-order chi connectivity index (χ0) is 16.1. The van der Waals surface area contributed by atoms with Crippen LogP contribution in [-0.4, -0.2) is 38.4 Å². The number of aromatic hydroxyl groups is 1. The van der Waals surface area contributed by atoms with E-state index in [4.69, 9.17) is 14.2 Å². The maximum absolute atomic E-state index is 11.2. The summed E-state index contributed by atoms with van der Waals surface area (Å²) in [5.74, 6) is 0.227. The van der Waals surface area contributed by atoms with Gasteiger partial charge in [-0.1, -0.05) is 13.1 Å². The van der Waals surface area contributed by atoms with E-state index in [9.17, 15) is 9.90 Å². The molecular formula is C13H18NO5SW-3. The van der Waals surface area contributed by atoms with Crippen LogP contribution in [0.15, 0.2) is 18.2 Å². The van der Waals surface area contributed by atoms with Gasteiger partial charge in [-0.2, -0.15) is 4.21 Å². The molecule has 6 nitrogen and oxygen atoms in total. The summed E-state index contributed by atoms with van der Waals surface area (Å²) in [5, 5.41) is 17.7. The van der Waals surface area contributed by atoms with Crippen LogP contribution in [-0.2, 0) is 33.6 Å². The van der Waals surface area contributed by atoms with Crippen molar-refractivity contribution in [3.05, 3.63) is 44.7 Å². The van der Waals surface area contributed by atoms with E-state index in [1.807, 2.05) is 0 Å². The topological polar surface area (TPSA) is 87.1 Å². The fourth-order valence-corrected chi connectivity index (χ4v) is 1.21. The molecule has 1 aromatic rings. The van der Waals surface area contributed by atoms with E-state index in [1.54, 1.807) is 6.07 Å². The van der Waals surface area contributed by atoms with Gasteiger partial charge in [-0.25, -0.2) is 12.2 Å². The molecule has 0 aliphatic heterocycles. The third-order valence-electron chi connectivity index (χ3n) is 2.08. The summed E-state index contributed by atoms with van der Waals surface area (Å²) >= 11 is 2.83. The molecule has 0 radical (unpaired) electrons. The third-order valence-corrected chi connectivity index (χ3v) is 2.08. The van der Waals surface area contributed by atoms with Gasteiger partial charge in [0.05, 0.1) is 5.56 Å². The number of nitrogens with zero attached hydrogens (tertiary/aromatic N) is 1. The second-order valence-corrected chi connectivity index (χ2v) is 3.26. The molecule has 0 bridgehead atoms. The number of rotatable bonds is 5. The summed E-state index contributed by atoms with van der Waals surface area (Å²) in [6.45, 7) is 9.62. The normalized spacial score (nSPS) is 8.48. The van der Waals surface area contributed by atoms with Crippen LogP contribution >= 0.6 is 0 Å². The van der Waals surface area contributed by atoms with Gasteiger partial charge in [-0.05, 0) is 25.1 Å². The van der Waals surface area contributed by atoms with Crippen LogP contribution in [0.1, 0.15) is 17.3 Å². The first-order chi connectivity index (χ1) is 9.58. The van der Waals surface area contributed by atoms with Crippen molar-refractivity contribution in [2.24, 2.45) is 0 Å². The van der Waals surface area contributed by atoms with Crippen molar-refractivity contribution in [2.45, 2.75) is 6.92 Å². The molecule has 0 saturated heterocycles. The van der Waals surface area contributed by atoms with Crippen LogP contribution in [0.5, 0.6) is 11.5 Å². The van der Waals surface area contributed by atoms with Crippen LogP contribution in [0.2, 0.25) is 0 Å². The van der Waals surface area contributed by atoms with Crippen molar-refractivity contribution in [3.8, 4) is 11.5 Å². The number of aliphatic hydroxyl groups is 1. The minimum absolute atomic E-state index is 0. The van der Waals surface area contributed by atoms with Crippen LogP contribution in [0.25, 0.3) is 0 Å². The van der Waals surface area contributed by atoms with Gasteiger partial charge in [-0.15, -0.1) is 0 Å². The second-order valence-electron chi connectivity index (χ2n) is 3.26. The molecule has 0 amide bonds. The molecule has 0 saturated carbocycles. The minimum Gasteiger partial charge on any atom is -0.569 e. The molecule has 2 N–H and O–H groups in total. The molecule has 8 heteroatoms. The molecule has 1 rings (SSSR count). The predicted molar refractivity (Wildman–Crippen MR) is 76.5 cm³/mol. The SMILES string of the molecule is O=S.[CH2-]CN(C[CH2-])Oc1ccc(O)c(C(C)=O)c1.[CH2-]O.[W]. The van der Waals surface area contributed by atoms with E-state index < -0.39 is 0 Å². The zero-order valence-electron chi connectivity index (χ0n) is 11.7. The van der Waals surface area contributed by atoms with Gasteiger partial charge in [0, 0.05) is 21.1 Å². The third kappa shape index (κ3) is 9.63. The minimum atomic E-state index is -0.209. The van der Waals surface area contributed by atoms with Gasteiger partial charge in [0.2, 0.25) is 0 Å². The first kappa shape index (κ1) is 25.1. The average Bonchev–Trinajstić information content (AvgIpc) is 2.50. The van der Waals surface area contributed by atoms with Crippen LogP contribution in [0, 0.1) is 21.0 Å². The molecule has 0 aliphatic carbocycles. The Morgan fingerprint density at radius 2 is 1.76 bits per heavy atom. The van der Waals surface area contributed by atoms with Crippen LogP contribution < -0.4 is 4.84 Å². The van der Waals surface area contributed by atoms with Gasteiger partial charge >= 0.3 is 0 Å². The standard InChI is InChI=1S/C12H15NO3.CH3O.OS.W/c1-4-13(5-2)16-10-6-7-12(15)11(8-10)9(3)14;2*1-2;/h6-8,15H,1-2,4-5H2,3H3;2H,1H2;;/q-2;-1;;. The predicted octanol–water partition coefficient (Wildman–Crippen LogP) is 1.67. The summed E-state index contributed by atoms with van der Waals surface area (Å²) in [6.07, 6.45) is 0. The summed E-state index contributed by atoms with van der Waals surface area (Å²) in [7, 11) is 2.25. The molecular weight excluding hydrogens is 466 g/mol. The largest absolute Gasteiger partial charge is 0.569 e. The maximum Gasteiger partial charge on any atom is 0.197 e. The molecule has 21 heavy (non-hydrogen) atoms. The Labute approximate surface area is 144 Å². The summed E-state index contributed by atoms with van der Waals surface area (Å²) in [5.41, 5.74) is 0.241. The van der Waals surface area contributed by atoms with Crippen molar-refractivity contribution in [1.82, 2.24) is 5.06 Å². The van der Waals surface area contributed by atoms with Gasteiger partial charge < -0.3 is 28.9 Å². The number of carbonyl (C=O) groups is 1.